The number of nitrogens with zero attached hydrogens (tertiary/aromatic N) is 3. The fraction of sp³-hybridized carbons (Fsp3) is 0.280. The molecule has 7 nitrogen and oxygen atoms in total. The van der Waals surface area contributed by atoms with Crippen LogP contribution in [0.4, 0.5) is 5.69 Å². The molecule has 4 aromatic rings. The highest BCUT2D eigenvalue weighted by molar-refractivity contribution is 7.16. The summed E-state index contributed by atoms with van der Waals surface area (Å²) in [7, 11) is 0. The van der Waals surface area contributed by atoms with Crippen LogP contribution < -0.4 is 15.6 Å². The SMILES string of the molecule is O=C(Nc1cccc(OCc2cc(=O)n3nc(C4CCCCC4)sc3n2)c1)c1ccc(Cl)cc1. The third-order valence-corrected chi connectivity index (χ3v) is 7.18. The van der Waals surface area contributed by atoms with E-state index < -0.39 is 0 Å². The smallest absolute Gasteiger partial charge is 0.275 e. The van der Waals surface area contributed by atoms with E-state index >= 15 is 0 Å². The Morgan fingerprint density at radius 3 is 2.71 bits per heavy atom. The van der Waals surface area contributed by atoms with Gasteiger partial charge < -0.3 is 10.1 Å². The van der Waals surface area contributed by atoms with Crippen molar-refractivity contribution in [3.63, 3.8) is 0 Å². The maximum absolute atomic E-state index is 12.6. The number of carbonyl (C=O) groups excluding carboxylic acids is 1. The molecule has 0 saturated heterocycles. The van der Waals surface area contributed by atoms with Crippen LogP contribution in [-0.2, 0) is 6.61 Å². The second kappa shape index (κ2) is 9.95. The second-order valence-corrected chi connectivity index (χ2v) is 9.76. The van der Waals surface area contributed by atoms with Gasteiger partial charge in [-0.3, -0.25) is 9.59 Å². The molecule has 0 radical (unpaired) electrons. The lowest BCUT2D eigenvalue weighted by atomic mass is 9.90. The molecule has 34 heavy (non-hydrogen) atoms. The predicted octanol–water partition coefficient (Wildman–Crippen LogP) is 5.68. The van der Waals surface area contributed by atoms with Gasteiger partial charge in [0.2, 0.25) is 4.96 Å². The molecule has 2 heterocycles. The Labute approximate surface area is 205 Å². The van der Waals surface area contributed by atoms with Gasteiger partial charge >= 0.3 is 0 Å². The van der Waals surface area contributed by atoms with Crippen molar-refractivity contribution in [3.8, 4) is 5.75 Å². The Morgan fingerprint density at radius 2 is 1.91 bits per heavy atom. The summed E-state index contributed by atoms with van der Waals surface area (Å²) < 4.78 is 7.26. The van der Waals surface area contributed by atoms with E-state index in [2.05, 4.69) is 15.4 Å². The number of fused-ring (bicyclic) bond motifs is 1. The van der Waals surface area contributed by atoms with Crippen LogP contribution in [0.1, 0.15) is 59.1 Å². The van der Waals surface area contributed by atoms with Gasteiger partial charge in [0.05, 0.1) is 5.69 Å². The van der Waals surface area contributed by atoms with E-state index in [1.54, 1.807) is 48.5 Å². The van der Waals surface area contributed by atoms with Crippen LogP contribution in [0, 0.1) is 0 Å². The average Bonchev–Trinajstić information content (AvgIpc) is 3.29. The number of anilines is 1. The molecule has 1 aliphatic rings. The van der Waals surface area contributed by atoms with Crippen molar-refractivity contribution in [1.82, 2.24) is 14.6 Å². The van der Waals surface area contributed by atoms with E-state index in [0.29, 0.717) is 38.6 Å². The van der Waals surface area contributed by atoms with Gasteiger partial charge in [0, 0.05) is 34.3 Å². The van der Waals surface area contributed by atoms with Crippen molar-refractivity contribution in [3.05, 3.63) is 86.2 Å². The molecule has 1 N–H and O–H groups in total. The summed E-state index contributed by atoms with van der Waals surface area (Å²) >= 11 is 7.38. The van der Waals surface area contributed by atoms with Crippen LogP contribution in [-0.4, -0.2) is 20.5 Å². The number of nitrogens with one attached hydrogen (secondary N) is 1. The zero-order chi connectivity index (χ0) is 23.5. The number of benzene rings is 2. The monoisotopic (exact) mass is 494 g/mol. The minimum absolute atomic E-state index is 0.136. The van der Waals surface area contributed by atoms with Crippen LogP contribution in [0.15, 0.2) is 59.4 Å². The summed E-state index contributed by atoms with van der Waals surface area (Å²) in [4.78, 5) is 30.2. The van der Waals surface area contributed by atoms with E-state index in [9.17, 15) is 9.59 Å². The van der Waals surface area contributed by atoms with Gasteiger partial charge in [0.25, 0.3) is 11.5 Å². The predicted molar refractivity (Wildman–Crippen MR) is 133 cm³/mol. The molecule has 0 aliphatic heterocycles. The Balaban J connectivity index is 1.27. The molecule has 5 rings (SSSR count). The normalized spacial score (nSPS) is 14.3. The number of rotatable bonds is 6. The highest BCUT2D eigenvalue weighted by atomic mass is 35.5. The Morgan fingerprint density at radius 1 is 1.12 bits per heavy atom. The third-order valence-electron chi connectivity index (χ3n) is 5.85. The quantitative estimate of drug-likeness (QED) is 0.372. The van der Waals surface area contributed by atoms with Gasteiger partial charge in [-0.15, -0.1) is 0 Å². The number of carbonyl (C=O) groups is 1. The maximum atomic E-state index is 12.6. The van der Waals surface area contributed by atoms with E-state index in [0.717, 1.165) is 17.8 Å². The molecule has 0 atom stereocenters. The molecule has 1 aliphatic carbocycles. The number of ether oxygens (including phenoxy) is 1. The van der Waals surface area contributed by atoms with Gasteiger partial charge in [-0.05, 0) is 49.2 Å². The minimum atomic E-state index is -0.243. The number of hydrogen-bond acceptors (Lipinski definition) is 6. The van der Waals surface area contributed by atoms with Crippen molar-refractivity contribution in [2.75, 3.05) is 5.32 Å². The van der Waals surface area contributed by atoms with Gasteiger partial charge in [-0.2, -0.15) is 9.61 Å². The van der Waals surface area contributed by atoms with Crippen molar-refractivity contribution in [1.29, 1.82) is 0 Å². The lowest BCUT2D eigenvalue weighted by Crippen LogP contribution is -2.17. The Hall–Kier alpha value is -3.23. The molecule has 1 amide bonds. The highest BCUT2D eigenvalue weighted by Crippen LogP contribution is 2.34. The highest BCUT2D eigenvalue weighted by Gasteiger charge is 2.20. The first-order valence-corrected chi connectivity index (χ1v) is 12.4. The topological polar surface area (TPSA) is 85.6 Å². The molecule has 1 saturated carbocycles. The van der Waals surface area contributed by atoms with Crippen LogP contribution in [0.5, 0.6) is 5.75 Å². The Kier molecular flexibility index (Phi) is 6.60. The summed E-state index contributed by atoms with van der Waals surface area (Å²) in [5.74, 6) is 0.737. The van der Waals surface area contributed by atoms with E-state index in [1.807, 2.05) is 0 Å². The fourth-order valence-electron chi connectivity index (χ4n) is 4.08. The first-order chi connectivity index (χ1) is 16.5. The van der Waals surface area contributed by atoms with Crippen LogP contribution >= 0.6 is 22.9 Å². The van der Waals surface area contributed by atoms with E-state index in [1.165, 1.54) is 41.2 Å². The average molecular weight is 495 g/mol. The molecular formula is C25H23ClN4O3S. The molecule has 174 valence electrons. The van der Waals surface area contributed by atoms with Crippen molar-refractivity contribution >= 4 is 39.5 Å². The number of amides is 1. The largest absolute Gasteiger partial charge is 0.487 e. The fourth-order valence-corrected chi connectivity index (χ4v) is 5.30. The zero-order valence-corrected chi connectivity index (χ0v) is 19.9. The van der Waals surface area contributed by atoms with Crippen LogP contribution in [0.2, 0.25) is 5.02 Å². The minimum Gasteiger partial charge on any atom is -0.487 e. The summed E-state index contributed by atoms with van der Waals surface area (Å²) in [6, 6.07) is 15.2. The summed E-state index contributed by atoms with van der Waals surface area (Å²) in [5.41, 5.74) is 1.44. The number of aromatic nitrogens is 3. The Bertz CT molecular complexity index is 1380. The van der Waals surface area contributed by atoms with Crippen molar-refractivity contribution in [2.24, 2.45) is 0 Å². The molecule has 2 aromatic carbocycles. The molecule has 0 bridgehead atoms. The molecule has 9 heteroatoms. The van der Waals surface area contributed by atoms with Gasteiger partial charge in [-0.25, -0.2) is 4.98 Å². The summed E-state index contributed by atoms with van der Waals surface area (Å²) in [6.07, 6.45) is 5.93. The second-order valence-electron chi connectivity index (χ2n) is 8.33. The zero-order valence-electron chi connectivity index (χ0n) is 18.4. The summed E-state index contributed by atoms with van der Waals surface area (Å²) in [5, 5.41) is 8.95. The van der Waals surface area contributed by atoms with Crippen molar-refractivity contribution in [2.45, 2.75) is 44.6 Å². The van der Waals surface area contributed by atoms with Gasteiger partial charge in [0.15, 0.2) is 0 Å². The molecule has 2 aromatic heterocycles. The van der Waals surface area contributed by atoms with Crippen molar-refractivity contribution < 1.29 is 9.53 Å². The van der Waals surface area contributed by atoms with Gasteiger partial charge in [0.1, 0.15) is 17.4 Å². The molecule has 0 spiro atoms. The standard InChI is InChI=1S/C25H23ClN4O3S/c26-18-11-9-16(10-12-18)23(32)27-19-7-4-8-21(13-19)33-15-20-14-22(31)30-25(28-20)34-24(29-30)17-5-2-1-3-6-17/h4,7-14,17H,1-3,5-6,15H2,(H,27,32). The van der Waals surface area contributed by atoms with E-state index in [-0.39, 0.29) is 18.1 Å². The third kappa shape index (κ3) is 5.13. The number of halogens is 1. The summed E-state index contributed by atoms with van der Waals surface area (Å²) in [6.45, 7) is 0.136. The number of hydrogen-bond donors (Lipinski definition) is 1. The first kappa shape index (κ1) is 22.6. The molecular weight excluding hydrogens is 472 g/mol. The molecule has 1 fully saturated rings. The maximum Gasteiger partial charge on any atom is 0.275 e. The molecule has 0 unspecified atom stereocenters. The van der Waals surface area contributed by atoms with E-state index in [4.69, 9.17) is 16.3 Å². The lowest BCUT2D eigenvalue weighted by molar-refractivity contribution is 0.102. The first-order valence-electron chi connectivity index (χ1n) is 11.2. The van der Waals surface area contributed by atoms with Gasteiger partial charge in [-0.1, -0.05) is 48.3 Å². The van der Waals surface area contributed by atoms with Crippen LogP contribution in [0.25, 0.3) is 4.96 Å². The van der Waals surface area contributed by atoms with Crippen LogP contribution in [0.3, 0.4) is 0 Å². The lowest BCUT2D eigenvalue weighted by Gasteiger charge is -2.18.